The number of nitro groups is 1. The average Bonchev–Trinajstić information content (AvgIpc) is 3.12. The third-order valence-corrected chi connectivity index (χ3v) is 8.51. The lowest BCUT2D eigenvalue weighted by Crippen LogP contribution is -2.56. The molecule has 4 aromatic carbocycles. The summed E-state index contributed by atoms with van der Waals surface area (Å²) in [6.07, 6.45) is -0.287. The number of ether oxygens (including phenoxy) is 1. The van der Waals surface area contributed by atoms with Crippen molar-refractivity contribution >= 4 is 29.3 Å². The second-order valence-corrected chi connectivity index (χ2v) is 12.0. The minimum absolute atomic E-state index is 0.142. The number of hydrogen-bond acceptors (Lipinski definition) is 6. The number of halogens is 2. The van der Waals surface area contributed by atoms with Crippen LogP contribution in [0.3, 0.4) is 0 Å². The zero-order valence-electron chi connectivity index (χ0n) is 23.7. The highest BCUT2D eigenvalue weighted by Crippen LogP contribution is 2.49. The van der Waals surface area contributed by atoms with Gasteiger partial charge in [0.05, 0.1) is 16.6 Å². The molecule has 0 spiro atoms. The summed E-state index contributed by atoms with van der Waals surface area (Å²) in [5.41, 5.74) is -3.28. The molecule has 1 unspecified atom stereocenters. The maximum Gasteiger partial charge on any atom is 0.280 e. The van der Waals surface area contributed by atoms with Crippen molar-refractivity contribution in [3.8, 4) is 11.5 Å². The van der Waals surface area contributed by atoms with Crippen LogP contribution in [0.2, 0.25) is 11.3 Å². The maximum atomic E-state index is 14.6. The summed E-state index contributed by atoms with van der Waals surface area (Å²) in [6.45, 7) is 4.54. The third-order valence-electron chi connectivity index (χ3n) is 8.26. The van der Waals surface area contributed by atoms with Gasteiger partial charge < -0.3 is 19.2 Å². The van der Waals surface area contributed by atoms with Crippen LogP contribution in [-0.4, -0.2) is 27.8 Å². The van der Waals surface area contributed by atoms with E-state index in [-0.39, 0.29) is 28.8 Å². The predicted molar refractivity (Wildman–Crippen MR) is 161 cm³/mol. The molecule has 1 fully saturated rings. The minimum atomic E-state index is -2.79. The molecule has 1 aliphatic heterocycles. The molecule has 1 aliphatic rings. The van der Waals surface area contributed by atoms with Gasteiger partial charge in [0.15, 0.2) is 0 Å². The number of benzene rings is 4. The number of nitro benzene ring substituents is 1. The van der Waals surface area contributed by atoms with E-state index in [1.165, 1.54) is 24.3 Å². The molecule has 1 N–H and O–H groups in total. The summed E-state index contributed by atoms with van der Waals surface area (Å²) >= 11 is 6.16. The Hall–Kier alpha value is -3.76. The SMILES string of the molecule is CC1(C)O[B-](CC(O)(c2ccc(Cl)cc2)c2cccc(F)c2)(c2ccc(Oc3ccccc3)cc2[N+](=O)[O-])OC1(C)C. The van der Waals surface area contributed by atoms with Gasteiger partial charge in [-0.3, -0.25) is 10.1 Å². The summed E-state index contributed by atoms with van der Waals surface area (Å²) in [6, 6.07) is 25.5. The van der Waals surface area contributed by atoms with Gasteiger partial charge in [-0.05, 0) is 81.3 Å². The fourth-order valence-electron chi connectivity index (χ4n) is 5.58. The molecule has 0 amide bonds. The predicted octanol–water partition coefficient (Wildman–Crippen LogP) is 7.37. The van der Waals surface area contributed by atoms with Crippen molar-refractivity contribution in [1.29, 1.82) is 0 Å². The van der Waals surface area contributed by atoms with Crippen LogP contribution in [0.15, 0.2) is 97.1 Å². The summed E-state index contributed by atoms with van der Waals surface area (Å²) < 4.78 is 33.8. The maximum absolute atomic E-state index is 14.6. The molecule has 0 radical (unpaired) electrons. The summed E-state index contributed by atoms with van der Waals surface area (Å²) in [4.78, 5) is 12.0. The van der Waals surface area contributed by atoms with E-state index < -0.39 is 34.1 Å². The molecule has 0 aliphatic carbocycles. The lowest BCUT2D eigenvalue weighted by Gasteiger charge is -2.44. The second kappa shape index (κ2) is 10.8. The Morgan fingerprint density at radius 1 is 0.881 bits per heavy atom. The van der Waals surface area contributed by atoms with Crippen molar-refractivity contribution < 1.29 is 28.5 Å². The molecule has 1 saturated heterocycles. The van der Waals surface area contributed by atoms with E-state index in [0.717, 1.165) is 0 Å². The normalized spacial score (nSPS) is 18.3. The molecule has 0 bridgehead atoms. The van der Waals surface area contributed by atoms with Crippen molar-refractivity contribution in [3.05, 3.63) is 129 Å². The molecule has 218 valence electrons. The molecule has 1 atom stereocenters. The van der Waals surface area contributed by atoms with Gasteiger partial charge in [0, 0.05) is 16.2 Å². The van der Waals surface area contributed by atoms with Gasteiger partial charge in [-0.2, -0.15) is 0 Å². The Bertz CT molecular complexity index is 1600. The van der Waals surface area contributed by atoms with Crippen molar-refractivity contribution in [2.75, 3.05) is 0 Å². The Balaban J connectivity index is 1.71. The van der Waals surface area contributed by atoms with Crippen molar-refractivity contribution in [2.45, 2.75) is 50.8 Å². The van der Waals surface area contributed by atoms with Crippen LogP contribution in [0.5, 0.6) is 11.5 Å². The van der Waals surface area contributed by atoms with E-state index in [9.17, 15) is 19.6 Å². The van der Waals surface area contributed by atoms with E-state index >= 15 is 0 Å². The first-order valence-electron chi connectivity index (χ1n) is 13.6. The smallest absolute Gasteiger partial charge is 0.280 e. The quantitative estimate of drug-likeness (QED) is 0.131. The zero-order chi connectivity index (χ0) is 30.3. The minimum Gasteiger partial charge on any atom is -0.558 e. The molecule has 10 heteroatoms. The monoisotopic (exact) mass is 590 g/mol. The van der Waals surface area contributed by atoms with Crippen LogP contribution in [0, 0.1) is 15.9 Å². The fraction of sp³-hybridized carbons (Fsp3) is 0.250. The zero-order valence-corrected chi connectivity index (χ0v) is 24.5. The molecule has 0 aromatic heterocycles. The fourth-order valence-corrected chi connectivity index (χ4v) is 5.71. The average molecular weight is 591 g/mol. The van der Waals surface area contributed by atoms with Crippen LogP contribution in [0.25, 0.3) is 0 Å². The van der Waals surface area contributed by atoms with E-state index in [0.29, 0.717) is 16.3 Å². The van der Waals surface area contributed by atoms with Crippen LogP contribution in [0.4, 0.5) is 10.1 Å². The number of nitrogens with zero attached hydrogens (tertiary/aromatic N) is 1. The first kappa shape index (κ1) is 29.7. The van der Waals surface area contributed by atoms with Crippen LogP contribution < -0.4 is 10.2 Å². The summed E-state index contributed by atoms with van der Waals surface area (Å²) in [7, 11) is 0. The highest BCUT2D eigenvalue weighted by molar-refractivity contribution is 6.83. The number of hydrogen-bond donors (Lipinski definition) is 1. The summed E-state index contributed by atoms with van der Waals surface area (Å²) in [5, 5.41) is 25.5. The van der Waals surface area contributed by atoms with Crippen LogP contribution in [-0.2, 0) is 14.9 Å². The van der Waals surface area contributed by atoms with Gasteiger partial charge >= 0.3 is 0 Å². The molecule has 42 heavy (non-hydrogen) atoms. The van der Waals surface area contributed by atoms with Gasteiger partial charge in [-0.15, -0.1) is 0 Å². The van der Waals surface area contributed by atoms with Crippen molar-refractivity contribution in [3.63, 3.8) is 0 Å². The van der Waals surface area contributed by atoms with Crippen molar-refractivity contribution in [1.82, 2.24) is 0 Å². The van der Waals surface area contributed by atoms with Crippen LogP contribution in [0.1, 0.15) is 38.8 Å². The van der Waals surface area contributed by atoms with Crippen molar-refractivity contribution in [2.24, 2.45) is 0 Å². The Kier molecular flexibility index (Phi) is 7.66. The molecule has 4 aromatic rings. The highest BCUT2D eigenvalue weighted by atomic mass is 35.5. The van der Waals surface area contributed by atoms with E-state index in [2.05, 4.69) is 0 Å². The first-order chi connectivity index (χ1) is 19.7. The highest BCUT2D eigenvalue weighted by Gasteiger charge is 2.56. The number of aliphatic hydroxyl groups is 1. The second-order valence-electron chi connectivity index (χ2n) is 11.6. The van der Waals surface area contributed by atoms with E-state index in [1.807, 2.05) is 33.8 Å². The van der Waals surface area contributed by atoms with Gasteiger partial charge in [0.25, 0.3) is 6.55 Å². The Morgan fingerprint density at radius 3 is 2.12 bits per heavy atom. The molecule has 0 saturated carbocycles. The lowest BCUT2D eigenvalue weighted by atomic mass is 9.44. The standard InChI is InChI=1S/C32H31BClFNO6/c1-30(2)31(3,4)42-33(41-30,28-18-17-27(20-29(28)36(38)39)40-26-11-6-5-7-12-26)21-32(37,22-13-15-24(34)16-14-22)23-9-8-10-25(35)19-23/h5-20,37H,21H2,1-4H3/q-1. The third kappa shape index (κ3) is 5.53. The number of para-hydroxylation sites is 1. The van der Waals surface area contributed by atoms with Gasteiger partial charge in [0.2, 0.25) is 5.69 Å². The first-order valence-corrected chi connectivity index (χ1v) is 13.9. The molecule has 5 rings (SSSR count). The van der Waals surface area contributed by atoms with Gasteiger partial charge in [0.1, 0.15) is 17.3 Å². The molecule has 7 nitrogen and oxygen atoms in total. The van der Waals surface area contributed by atoms with Gasteiger partial charge in [-0.1, -0.05) is 71.9 Å². The van der Waals surface area contributed by atoms with Crippen LogP contribution >= 0.6 is 11.6 Å². The topological polar surface area (TPSA) is 91.1 Å². The Morgan fingerprint density at radius 2 is 1.52 bits per heavy atom. The molecule has 1 heterocycles. The lowest BCUT2D eigenvalue weighted by molar-refractivity contribution is -0.383. The number of rotatable bonds is 8. The Labute approximate surface area is 249 Å². The molecular weight excluding hydrogens is 560 g/mol. The van der Waals surface area contributed by atoms with E-state index in [1.54, 1.807) is 66.7 Å². The van der Waals surface area contributed by atoms with Gasteiger partial charge in [-0.25, -0.2) is 4.39 Å². The molecular formula is C32H31BClFNO6-. The summed E-state index contributed by atoms with van der Waals surface area (Å²) in [5.74, 6) is 0.208. The largest absolute Gasteiger partial charge is 0.558 e. The van der Waals surface area contributed by atoms with E-state index in [4.69, 9.17) is 25.6 Å².